The van der Waals surface area contributed by atoms with Gasteiger partial charge in [0, 0.05) is 11.8 Å². The number of pyridine rings is 1. The fourth-order valence-electron chi connectivity index (χ4n) is 1.70. The van der Waals surface area contributed by atoms with Crippen LogP contribution in [0.4, 0.5) is 0 Å². The normalized spacial score (nSPS) is 9.74. The van der Waals surface area contributed by atoms with E-state index in [0.29, 0.717) is 18.1 Å². The molecule has 19 heavy (non-hydrogen) atoms. The van der Waals surface area contributed by atoms with Gasteiger partial charge in [-0.1, -0.05) is 12.1 Å². The average molecular weight is 254 g/mol. The van der Waals surface area contributed by atoms with Crippen molar-refractivity contribution < 1.29 is 9.47 Å². The number of ether oxygens (including phenoxy) is 2. The van der Waals surface area contributed by atoms with E-state index < -0.39 is 0 Å². The second kappa shape index (κ2) is 5.87. The predicted octanol–water partition coefficient (Wildman–Crippen LogP) is 2.85. The smallest absolute Gasteiger partial charge is 0.215 e. The molecule has 1 aromatic heterocycles. The zero-order valence-corrected chi connectivity index (χ0v) is 10.9. The molecule has 0 aliphatic carbocycles. The SMILES string of the molecule is COc1cccc(COc2cc(C#N)cc(C)n2)c1. The molecule has 4 nitrogen and oxygen atoms in total. The molecule has 0 N–H and O–H groups in total. The Labute approximate surface area is 112 Å². The van der Waals surface area contributed by atoms with Crippen molar-refractivity contribution in [1.82, 2.24) is 4.98 Å². The molecular formula is C15H14N2O2. The molecule has 0 unspecified atom stereocenters. The van der Waals surface area contributed by atoms with E-state index in [0.717, 1.165) is 17.0 Å². The molecule has 0 spiro atoms. The first-order chi connectivity index (χ1) is 9.21. The van der Waals surface area contributed by atoms with E-state index in [-0.39, 0.29) is 0 Å². The summed E-state index contributed by atoms with van der Waals surface area (Å²) in [5.74, 6) is 1.25. The third-order valence-electron chi connectivity index (χ3n) is 2.58. The lowest BCUT2D eigenvalue weighted by Gasteiger charge is -2.07. The third-order valence-corrected chi connectivity index (χ3v) is 2.58. The maximum absolute atomic E-state index is 8.89. The van der Waals surface area contributed by atoms with Crippen LogP contribution in [-0.4, -0.2) is 12.1 Å². The lowest BCUT2D eigenvalue weighted by molar-refractivity contribution is 0.292. The van der Waals surface area contributed by atoms with Gasteiger partial charge in [0.1, 0.15) is 12.4 Å². The maximum Gasteiger partial charge on any atom is 0.215 e. The van der Waals surface area contributed by atoms with Gasteiger partial charge in [0.2, 0.25) is 5.88 Å². The van der Waals surface area contributed by atoms with Gasteiger partial charge in [-0.3, -0.25) is 0 Å². The van der Waals surface area contributed by atoms with Crippen molar-refractivity contribution in [3.8, 4) is 17.7 Å². The highest BCUT2D eigenvalue weighted by molar-refractivity contribution is 5.34. The fraction of sp³-hybridized carbons (Fsp3) is 0.200. The minimum absolute atomic E-state index is 0.387. The number of aromatic nitrogens is 1. The van der Waals surface area contributed by atoms with Crippen molar-refractivity contribution >= 4 is 0 Å². The first kappa shape index (κ1) is 12.9. The van der Waals surface area contributed by atoms with Crippen LogP contribution in [0.1, 0.15) is 16.8 Å². The quantitative estimate of drug-likeness (QED) is 0.841. The van der Waals surface area contributed by atoms with Gasteiger partial charge in [0.05, 0.1) is 18.7 Å². The van der Waals surface area contributed by atoms with E-state index in [4.69, 9.17) is 14.7 Å². The maximum atomic E-state index is 8.89. The number of methoxy groups -OCH3 is 1. The fourth-order valence-corrected chi connectivity index (χ4v) is 1.70. The number of hydrogen-bond acceptors (Lipinski definition) is 4. The van der Waals surface area contributed by atoms with E-state index in [1.54, 1.807) is 19.2 Å². The molecule has 0 atom stereocenters. The van der Waals surface area contributed by atoms with Crippen LogP contribution in [0.2, 0.25) is 0 Å². The second-order valence-corrected chi connectivity index (χ2v) is 4.09. The molecule has 0 radical (unpaired) electrons. The molecule has 0 aliphatic heterocycles. The monoisotopic (exact) mass is 254 g/mol. The average Bonchev–Trinajstić information content (AvgIpc) is 2.44. The van der Waals surface area contributed by atoms with Gasteiger partial charge in [-0.15, -0.1) is 0 Å². The van der Waals surface area contributed by atoms with Gasteiger partial charge in [-0.2, -0.15) is 5.26 Å². The Morgan fingerprint density at radius 3 is 2.84 bits per heavy atom. The molecule has 0 amide bonds. The third kappa shape index (κ3) is 3.46. The number of nitrogens with zero attached hydrogens (tertiary/aromatic N) is 2. The molecule has 1 aromatic carbocycles. The van der Waals surface area contributed by atoms with Gasteiger partial charge >= 0.3 is 0 Å². The van der Waals surface area contributed by atoms with E-state index >= 15 is 0 Å². The van der Waals surface area contributed by atoms with Crippen LogP contribution in [0.15, 0.2) is 36.4 Å². The van der Waals surface area contributed by atoms with Crippen LogP contribution in [0.3, 0.4) is 0 Å². The summed E-state index contributed by atoms with van der Waals surface area (Å²) in [5.41, 5.74) is 2.30. The lowest BCUT2D eigenvalue weighted by Crippen LogP contribution is -1.99. The van der Waals surface area contributed by atoms with Crippen LogP contribution in [0.5, 0.6) is 11.6 Å². The van der Waals surface area contributed by atoms with Gasteiger partial charge in [0.15, 0.2) is 0 Å². The first-order valence-electron chi connectivity index (χ1n) is 5.86. The highest BCUT2D eigenvalue weighted by Gasteiger charge is 2.02. The number of hydrogen-bond donors (Lipinski definition) is 0. The molecule has 0 aliphatic rings. The summed E-state index contributed by atoms with van der Waals surface area (Å²) in [4.78, 5) is 4.23. The Bertz CT molecular complexity index is 618. The van der Waals surface area contributed by atoms with Crippen molar-refractivity contribution in [1.29, 1.82) is 5.26 Å². The molecular weight excluding hydrogens is 240 g/mol. The van der Waals surface area contributed by atoms with E-state index in [2.05, 4.69) is 11.1 Å². The van der Waals surface area contributed by atoms with E-state index in [1.165, 1.54) is 0 Å². The minimum atomic E-state index is 0.387. The summed E-state index contributed by atoms with van der Waals surface area (Å²) in [6.07, 6.45) is 0. The van der Waals surface area contributed by atoms with Crippen LogP contribution in [0.25, 0.3) is 0 Å². The van der Waals surface area contributed by atoms with Crippen LogP contribution < -0.4 is 9.47 Å². The van der Waals surface area contributed by atoms with Crippen LogP contribution in [-0.2, 0) is 6.61 Å². The summed E-state index contributed by atoms with van der Waals surface area (Å²) in [6, 6.07) is 13.1. The molecule has 2 rings (SSSR count). The van der Waals surface area contributed by atoms with Gasteiger partial charge in [-0.05, 0) is 30.7 Å². The van der Waals surface area contributed by atoms with Gasteiger partial charge < -0.3 is 9.47 Å². The number of benzene rings is 1. The topological polar surface area (TPSA) is 55.1 Å². The Morgan fingerprint density at radius 1 is 1.26 bits per heavy atom. The predicted molar refractivity (Wildman–Crippen MR) is 71.0 cm³/mol. The summed E-state index contributed by atoms with van der Waals surface area (Å²) in [7, 11) is 1.63. The summed E-state index contributed by atoms with van der Waals surface area (Å²) in [6.45, 7) is 2.22. The van der Waals surface area contributed by atoms with Crippen LogP contribution in [0, 0.1) is 18.3 Å². The Hall–Kier alpha value is -2.54. The Morgan fingerprint density at radius 2 is 2.11 bits per heavy atom. The van der Waals surface area contributed by atoms with Crippen molar-refractivity contribution in [2.75, 3.05) is 7.11 Å². The Kier molecular flexibility index (Phi) is 3.99. The van der Waals surface area contributed by atoms with Crippen molar-refractivity contribution in [3.05, 3.63) is 53.2 Å². The summed E-state index contributed by atoms with van der Waals surface area (Å²) >= 11 is 0. The van der Waals surface area contributed by atoms with Crippen molar-refractivity contribution in [3.63, 3.8) is 0 Å². The molecule has 2 aromatic rings. The molecule has 0 fully saturated rings. The standard InChI is InChI=1S/C15H14N2O2/c1-11-6-13(9-16)8-15(17-11)19-10-12-4-3-5-14(7-12)18-2/h3-8H,10H2,1-2H3. The largest absolute Gasteiger partial charge is 0.497 e. The van der Waals surface area contributed by atoms with Gasteiger partial charge in [-0.25, -0.2) is 4.98 Å². The number of nitriles is 1. The summed E-state index contributed by atoms with van der Waals surface area (Å²) in [5, 5.41) is 8.89. The van der Waals surface area contributed by atoms with Crippen molar-refractivity contribution in [2.45, 2.75) is 13.5 Å². The molecule has 0 bridgehead atoms. The highest BCUT2D eigenvalue weighted by Crippen LogP contribution is 2.16. The first-order valence-corrected chi connectivity index (χ1v) is 5.86. The second-order valence-electron chi connectivity index (χ2n) is 4.09. The lowest BCUT2D eigenvalue weighted by atomic mass is 10.2. The van der Waals surface area contributed by atoms with E-state index in [9.17, 15) is 0 Å². The molecule has 4 heteroatoms. The van der Waals surface area contributed by atoms with Gasteiger partial charge in [0.25, 0.3) is 0 Å². The molecule has 0 saturated carbocycles. The molecule has 0 saturated heterocycles. The zero-order chi connectivity index (χ0) is 13.7. The number of aryl methyl sites for hydroxylation is 1. The molecule has 96 valence electrons. The highest BCUT2D eigenvalue weighted by atomic mass is 16.5. The minimum Gasteiger partial charge on any atom is -0.497 e. The van der Waals surface area contributed by atoms with E-state index in [1.807, 2.05) is 31.2 Å². The van der Waals surface area contributed by atoms with Crippen LogP contribution >= 0.6 is 0 Å². The zero-order valence-electron chi connectivity index (χ0n) is 10.9. The van der Waals surface area contributed by atoms with Crippen molar-refractivity contribution in [2.24, 2.45) is 0 Å². The Balaban J connectivity index is 2.10. The molecule has 1 heterocycles. The summed E-state index contributed by atoms with van der Waals surface area (Å²) < 4.78 is 10.7. The number of rotatable bonds is 4.